The topological polar surface area (TPSA) is 44.5 Å². The lowest BCUT2D eigenvalue weighted by Gasteiger charge is -2.00. The summed E-state index contributed by atoms with van der Waals surface area (Å²) < 4.78 is 1.01. The Morgan fingerprint density at radius 2 is 1.88 bits per heavy atom. The van der Waals surface area contributed by atoms with E-state index >= 15 is 0 Å². The highest BCUT2D eigenvalue weighted by molar-refractivity contribution is 7.99. The Labute approximate surface area is 110 Å². The zero-order valence-electron chi connectivity index (χ0n) is 9.41. The number of H-pyrrole nitrogens is 2. The summed E-state index contributed by atoms with van der Waals surface area (Å²) in [6, 6.07) is 0. The fraction of sp³-hybridized carbons (Fsp3) is 0.700. The van der Waals surface area contributed by atoms with Gasteiger partial charge in [-0.2, -0.15) is 4.98 Å². The molecule has 0 amide bonds. The summed E-state index contributed by atoms with van der Waals surface area (Å²) in [5.41, 5.74) is 0. The second-order valence-electron chi connectivity index (χ2n) is 3.56. The third kappa shape index (κ3) is 5.77. The van der Waals surface area contributed by atoms with Crippen molar-refractivity contribution in [3.8, 4) is 0 Å². The number of nitrogens with one attached hydrogen (secondary N) is 2. The maximum atomic E-state index is 4.99. The van der Waals surface area contributed by atoms with E-state index in [9.17, 15) is 0 Å². The van der Waals surface area contributed by atoms with Gasteiger partial charge in [-0.25, -0.2) is 0 Å². The number of hydrogen-bond acceptors (Lipinski definition) is 4. The Balaban J connectivity index is 2.27. The summed E-state index contributed by atoms with van der Waals surface area (Å²) in [6.45, 7) is 2.23. The molecule has 0 aliphatic carbocycles. The largest absolute Gasteiger partial charge is 0.311 e. The summed E-state index contributed by atoms with van der Waals surface area (Å²) in [5.74, 6) is 1.07. The van der Waals surface area contributed by atoms with Gasteiger partial charge in [0.25, 0.3) is 0 Å². The molecule has 0 fully saturated rings. The van der Waals surface area contributed by atoms with Gasteiger partial charge in [-0.05, 0) is 30.9 Å². The number of aromatic nitrogens is 3. The molecule has 0 bridgehead atoms. The van der Waals surface area contributed by atoms with Crippen molar-refractivity contribution in [2.24, 2.45) is 0 Å². The van der Waals surface area contributed by atoms with Crippen LogP contribution in [0.25, 0.3) is 0 Å². The molecule has 90 valence electrons. The van der Waals surface area contributed by atoms with Crippen molar-refractivity contribution in [1.29, 1.82) is 0 Å². The van der Waals surface area contributed by atoms with Crippen LogP contribution in [0.5, 0.6) is 0 Å². The van der Waals surface area contributed by atoms with Crippen LogP contribution in [0, 0.1) is 9.54 Å². The Bertz CT molecular complexity index is 382. The second-order valence-corrected chi connectivity index (χ2v) is 5.44. The van der Waals surface area contributed by atoms with Gasteiger partial charge >= 0.3 is 0 Å². The minimum Gasteiger partial charge on any atom is -0.311 e. The van der Waals surface area contributed by atoms with E-state index in [0.717, 1.165) is 10.9 Å². The van der Waals surface area contributed by atoms with E-state index in [1.54, 1.807) is 11.8 Å². The molecule has 0 saturated heterocycles. The molecule has 1 heterocycles. The Kier molecular flexibility index (Phi) is 6.91. The van der Waals surface area contributed by atoms with E-state index in [0.29, 0.717) is 9.54 Å². The third-order valence-electron chi connectivity index (χ3n) is 2.13. The molecule has 0 radical (unpaired) electrons. The van der Waals surface area contributed by atoms with Gasteiger partial charge in [-0.15, -0.1) is 0 Å². The molecule has 0 unspecified atom stereocenters. The van der Waals surface area contributed by atoms with E-state index in [-0.39, 0.29) is 0 Å². The van der Waals surface area contributed by atoms with Crippen molar-refractivity contribution in [3.05, 3.63) is 9.54 Å². The average molecular weight is 275 g/mol. The number of rotatable bonds is 7. The maximum absolute atomic E-state index is 4.99. The smallest absolute Gasteiger partial charge is 0.201 e. The lowest BCUT2D eigenvalue weighted by molar-refractivity contribution is 0.659. The van der Waals surface area contributed by atoms with Gasteiger partial charge in [-0.1, -0.05) is 44.4 Å². The van der Waals surface area contributed by atoms with Gasteiger partial charge < -0.3 is 9.97 Å². The zero-order valence-corrected chi connectivity index (χ0v) is 11.9. The van der Waals surface area contributed by atoms with E-state index in [1.165, 1.54) is 32.1 Å². The summed E-state index contributed by atoms with van der Waals surface area (Å²) in [4.78, 5) is 9.94. The molecule has 16 heavy (non-hydrogen) atoms. The molecule has 0 spiro atoms. The summed E-state index contributed by atoms with van der Waals surface area (Å²) >= 11 is 11.6. The predicted octanol–water partition coefficient (Wildman–Crippen LogP) is 4.26. The van der Waals surface area contributed by atoms with Crippen LogP contribution in [0.3, 0.4) is 0 Å². The SMILES string of the molecule is CCCCCCCSc1nc(=S)[nH]c(=S)[nH]1. The number of nitrogens with zero attached hydrogens (tertiary/aromatic N) is 1. The molecule has 1 rings (SSSR count). The van der Waals surface area contributed by atoms with Crippen LogP contribution in [0.1, 0.15) is 39.0 Å². The van der Waals surface area contributed by atoms with Crippen molar-refractivity contribution >= 4 is 36.2 Å². The molecule has 0 aliphatic heterocycles. The van der Waals surface area contributed by atoms with Gasteiger partial charge in [0.05, 0.1) is 0 Å². The van der Waals surface area contributed by atoms with E-state index in [2.05, 4.69) is 21.9 Å². The molecule has 3 nitrogen and oxygen atoms in total. The first-order chi connectivity index (χ1) is 7.72. The summed E-state index contributed by atoms with van der Waals surface area (Å²) in [6.07, 6.45) is 6.46. The van der Waals surface area contributed by atoms with Crippen LogP contribution in [0.15, 0.2) is 5.16 Å². The normalized spacial score (nSPS) is 10.6. The van der Waals surface area contributed by atoms with Gasteiger partial charge in [0, 0.05) is 5.75 Å². The van der Waals surface area contributed by atoms with E-state index < -0.39 is 0 Å². The number of hydrogen-bond donors (Lipinski definition) is 2. The quantitative estimate of drug-likeness (QED) is 0.443. The fourth-order valence-corrected chi connectivity index (χ4v) is 2.76. The molecule has 0 aromatic carbocycles. The minimum atomic E-state index is 0.456. The first kappa shape index (κ1) is 13.9. The van der Waals surface area contributed by atoms with Crippen molar-refractivity contribution in [2.45, 2.75) is 44.2 Å². The monoisotopic (exact) mass is 275 g/mol. The molecule has 6 heteroatoms. The molecular formula is C10H17N3S3. The highest BCUT2D eigenvalue weighted by atomic mass is 32.2. The van der Waals surface area contributed by atoms with Crippen molar-refractivity contribution in [1.82, 2.24) is 15.0 Å². The highest BCUT2D eigenvalue weighted by Crippen LogP contribution is 2.14. The van der Waals surface area contributed by atoms with E-state index in [1.807, 2.05) is 0 Å². The van der Waals surface area contributed by atoms with Gasteiger partial charge in [0.2, 0.25) is 4.77 Å². The third-order valence-corrected chi connectivity index (χ3v) is 3.49. The molecule has 0 saturated carbocycles. The Hall–Kier alpha value is -0.200. The second kappa shape index (κ2) is 7.97. The van der Waals surface area contributed by atoms with E-state index in [4.69, 9.17) is 24.4 Å². The molecule has 1 aromatic rings. The molecule has 0 aliphatic rings. The Morgan fingerprint density at radius 3 is 2.56 bits per heavy atom. The molecule has 0 atom stereocenters. The number of thioether (sulfide) groups is 1. The van der Waals surface area contributed by atoms with Crippen LogP contribution in [0.4, 0.5) is 0 Å². The summed E-state index contributed by atoms with van der Waals surface area (Å²) in [7, 11) is 0. The molecule has 1 aromatic heterocycles. The first-order valence-corrected chi connectivity index (χ1v) is 7.36. The predicted molar refractivity (Wildman–Crippen MR) is 74.1 cm³/mol. The standard InChI is InChI=1S/C10H17N3S3/c1-2-3-4-5-6-7-16-10-12-8(14)11-9(15)13-10/h2-7H2,1H3,(H2,11,12,13,14,15). The van der Waals surface area contributed by atoms with Crippen LogP contribution in [-0.2, 0) is 0 Å². The fourth-order valence-electron chi connectivity index (χ4n) is 1.32. The first-order valence-electron chi connectivity index (χ1n) is 5.56. The van der Waals surface area contributed by atoms with Crippen molar-refractivity contribution in [2.75, 3.05) is 5.75 Å². The minimum absolute atomic E-state index is 0.456. The lowest BCUT2D eigenvalue weighted by Crippen LogP contribution is -1.92. The van der Waals surface area contributed by atoms with Gasteiger partial charge in [0.15, 0.2) is 9.93 Å². The summed E-state index contributed by atoms with van der Waals surface area (Å²) in [5, 5.41) is 0.823. The molecular weight excluding hydrogens is 258 g/mol. The zero-order chi connectivity index (χ0) is 11.8. The van der Waals surface area contributed by atoms with Crippen molar-refractivity contribution in [3.63, 3.8) is 0 Å². The Morgan fingerprint density at radius 1 is 1.12 bits per heavy atom. The van der Waals surface area contributed by atoms with Crippen LogP contribution >= 0.6 is 36.2 Å². The number of aromatic amines is 2. The van der Waals surface area contributed by atoms with Crippen LogP contribution in [-0.4, -0.2) is 20.7 Å². The molecule has 2 N–H and O–H groups in total. The number of unbranched alkanes of at least 4 members (excludes halogenated alkanes) is 4. The van der Waals surface area contributed by atoms with Gasteiger partial charge in [0.1, 0.15) is 0 Å². The van der Waals surface area contributed by atoms with Crippen molar-refractivity contribution < 1.29 is 0 Å². The lowest BCUT2D eigenvalue weighted by atomic mass is 10.2. The highest BCUT2D eigenvalue weighted by Gasteiger charge is 1.96. The average Bonchev–Trinajstić information content (AvgIpc) is 2.22. The van der Waals surface area contributed by atoms with Gasteiger partial charge in [-0.3, -0.25) is 0 Å². The van der Waals surface area contributed by atoms with Crippen LogP contribution < -0.4 is 0 Å². The maximum Gasteiger partial charge on any atom is 0.201 e. The van der Waals surface area contributed by atoms with Crippen LogP contribution in [0.2, 0.25) is 0 Å².